The van der Waals surface area contributed by atoms with Crippen LogP contribution in [0.3, 0.4) is 0 Å². The number of fused-ring (bicyclic) bond motifs is 1. The van der Waals surface area contributed by atoms with Gasteiger partial charge in [0.1, 0.15) is 23.9 Å². The highest BCUT2D eigenvalue weighted by atomic mass is 32.2. The lowest BCUT2D eigenvalue weighted by Gasteiger charge is -2.07. The number of benzene rings is 2. The molecule has 2 aromatic carbocycles. The van der Waals surface area contributed by atoms with Gasteiger partial charge in [0.2, 0.25) is 9.84 Å². The Hall–Kier alpha value is -2.34. The van der Waals surface area contributed by atoms with Crippen molar-refractivity contribution < 1.29 is 22.7 Å². The SMILES string of the molecule is O=S1(=O)C(COc2cccc(O)c2)=Cc2c(F)cccc21. The lowest BCUT2D eigenvalue weighted by Crippen LogP contribution is -2.09. The number of halogens is 1. The van der Waals surface area contributed by atoms with Gasteiger partial charge in [0.15, 0.2) is 0 Å². The van der Waals surface area contributed by atoms with Gasteiger partial charge in [0.05, 0.1) is 9.80 Å². The van der Waals surface area contributed by atoms with Gasteiger partial charge in [-0.3, -0.25) is 0 Å². The van der Waals surface area contributed by atoms with Crippen molar-refractivity contribution in [2.45, 2.75) is 4.90 Å². The average molecular weight is 306 g/mol. The zero-order valence-corrected chi connectivity index (χ0v) is 11.6. The van der Waals surface area contributed by atoms with E-state index in [9.17, 15) is 17.9 Å². The number of sulfone groups is 1. The summed E-state index contributed by atoms with van der Waals surface area (Å²) >= 11 is 0. The molecule has 0 amide bonds. The molecule has 1 aliphatic heterocycles. The maximum Gasteiger partial charge on any atom is 0.206 e. The predicted molar refractivity (Wildman–Crippen MR) is 75.2 cm³/mol. The summed E-state index contributed by atoms with van der Waals surface area (Å²) in [7, 11) is -3.72. The van der Waals surface area contributed by atoms with Crippen LogP contribution in [0.15, 0.2) is 52.3 Å². The van der Waals surface area contributed by atoms with Crippen LogP contribution in [0.1, 0.15) is 5.56 Å². The smallest absolute Gasteiger partial charge is 0.206 e. The van der Waals surface area contributed by atoms with Gasteiger partial charge in [0.25, 0.3) is 0 Å². The topological polar surface area (TPSA) is 63.6 Å². The molecule has 0 aliphatic carbocycles. The molecule has 0 saturated heterocycles. The summed E-state index contributed by atoms with van der Waals surface area (Å²) in [6.45, 7) is -0.222. The van der Waals surface area contributed by atoms with E-state index in [2.05, 4.69) is 0 Å². The van der Waals surface area contributed by atoms with E-state index >= 15 is 0 Å². The second-order valence-electron chi connectivity index (χ2n) is 4.55. The Morgan fingerprint density at radius 2 is 1.90 bits per heavy atom. The van der Waals surface area contributed by atoms with Gasteiger partial charge in [-0.05, 0) is 30.3 Å². The van der Waals surface area contributed by atoms with Crippen LogP contribution in [-0.2, 0) is 9.84 Å². The molecule has 0 unspecified atom stereocenters. The average Bonchev–Trinajstić information content (AvgIpc) is 2.70. The molecule has 6 heteroatoms. The van der Waals surface area contributed by atoms with E-state index in [1.54, 1.807) is 12.1 Å². The quantitative estimate of drug-likeness (QED) is 0.947. The lowest BCUT2D eigenvalue weighted by atomic mass is 10.2. The largest absolute Gasteiger partial charge is 0.508 e. The molecule has 0 saturated carbocycles. The third-order valence-electron chi connectivity index (χ3n) is 3.15. The van der Waals surface area contributed by atoms with Crippen LogP contribution in [0.2, 0.25) is 0 Å². The van der Waals surface area contributed by atoms with Gasteiger partial charge >= 0.3 is 0 Å². The van der Waals surface area contributed by atoms with E-state index < -0.39 is 15.7 Å². The molecule has 1 aliphatic rings. The molecule has 2 aromatic rings. The Bertz CT molecular complexity index is 841. The van der Waals surface area contributed by atoms with Crippen molar-refractivity contribution in [3.05, 3.63) is 58.8 Å². The first-order chi connectivity index (χ1) is 9.98. The first-order valence-electron chi connectivity index (χ1n) is 6.14. The highest BCUT2D eigenvalue weighted by molar-refractivity contribution is 7.95. The highest BCUT2D eigenvalue weighted by Gasteiger charge is 2.31. The molecule has 1 heterocycles. The molecular formula is C15H11FO4S. The monoisotopic (exact) mass is 306 g/mol. The molecule has 0 fully saturated rings. The molecule has 21 heavy (non-hydrogen) atoms. The van der Waals surface area contributed by atoms with Gasteiger partial charge in [-0.1, -0.05) is 12.1 Å². The minimum atomic E-state index is -3.72. The van der Waals surface area contributed by atoms with E-state index in [4.69, 9.17) is 4.74 Å². The summed E-state index contributed by atoms with van der Waals surface area (Å²) in [5.74, 6) is -0.226. The Morgan fingerprint density at radius 3 is 2.62 bits per heavy atom. The van der Waals surface area contributed by atoms with Gasteiger partial charge in [-0.15, -0.1) is 0 Å². The first-order valence-corrected chi connectivity index (χ1v) is 7.63. The number of phenolic OH excluding ortho intramolecular Hbond substituents is 1. The van der Waals surface area contributed by atoms with Crippen LogP contribution in [0.25, 0.3) is 6.08 Å². The molecule has 0 radical (unpaired) electrons. The van der Waals surface area contributed by atoms with Gasteiger partial charge in [-0.25, -0.2) is 12.8 Å². The van der Waals surface area contributed by atoms with Crippen LogP contribution in [0.5, 0.6) is 11.5 Å². The second kappa shape index (κ2) is 4.89. The minimum absolute atomic E-state index is 0.00839. The fourth-order valence-electron chi connectivity index (χ4n) is 2.12. The van der Waals surface area contributed by atoms with Crippen LogP contribution in [-0.4, -0.2) is 20.1 Å². The maximum absolute atomic E-state index is 13.6. The van der Waals surface area contributed by atoms with E-state index in [1.165, 1.54) is 36.4 Å². The minimum Gasteiger partial charge on any atom is -0.508 e. The number of rotatable bonds is 3. The number of hydrogen-bond acceptors (Lipinski definition) is 4. The second-order valence-corrected chi connectivity index (χ2v) is 6.52. The van der Waals surface area contributed by atoms with Gasteiger partial charge < -0.3 is 9.84 Å². The summed E-state index contributed by atoms with van der Waals surface area (Å²) in [5.41, 5.74) is 0.0620. The molecule has 3 rings (SSSR count). The predicted octanol–water partition coefficient (Wildman–Crippen LogP) is 2.74. The van der Waals surface area contributed by atoms with Crippen molar-refractivity contribution in [2.24, 2.45) is 0 Å². The van der Waals surface area contributed by atoms with E-state index in [0.717, 1.165) is 0 Å². The van der Waals surface area contributed by atoms with Crippen LogP contribution < -0.4 is 4.74 Å². The van der Waals surface area contributed by atoms with Crippen LogP contribution >= 0.6 is 0 Å². The van der Waals surface area contributed by atoms with E-state index in [-0.39, 0.29) is 27.7 Å². The molecule has 0 atom stereocenters. The third kappa shape index (κ3) is 2.38. The Kier molecular flexibility index (Phi) is 3.17. The Labute approximate surface area is 121 Å². The van der Waals surface area contributed by atoms with Crippen molar-refractivity contribution in [3.8, 4) is 11.5 Å². The number of hydrogen-bond donors (Lipinski definition) is 1. The van der Waals surface area contributed by atoms with E-state index in [0.29, 0.717) is 5.75 Å². The van der Waals surface area contributed by atoms with Crippen molar-refractivity contribution in [1.29, 1.82) is 0 Å². The Balaban J connectivity index is 1.88. The van der Waals surface area contributed by atoms with Crippen LogP contribution in [0, 0.1) is 5.82 Å². The summed E-state index contributed by atoms with van der Waals surface area (Å²) < 4.78 is 43.5. The summed E-state index contributed by atoms with van der Waals surface area (Å²) in [4.78, 5) is -0.0528. The normalized spacial score (nSPS) is 15.4. The van der Waals surface area contributed by atoms with Gasteiger partial charge in [0, 0.05) is 11.6 Å². The van der Waals surface area contributed by atoms with Crippen LogP contribution in [0.4, 0.5) is 4.39 Å². The first kappa shape index (κ1) is 13.6. The zero-order chi connectivity index (χ0) is 15.0. The third-order valence-corrected chi connectivity index (χ3v) is 5.01. The Morgan fingerprint density at radius 1 is 1.14 bits per heavy atom. The zero-order valence-electron chi connectivity index (χ0n) is 10.8. The fourth-order valence-corrected chi connectivity index (χ4v) is 3.59. The molecule has 4 nitrogen and oxygen atoms in total. The van der Waals surface area contributed by atoms with Crippen molar-refractivity contribution in [3.63, 3.8) is 0 Å². The fraction of sp³-hybridized carbons (Fsp3) is 0.0667. The molecule has 0 spiro atoms. The number of ether oxygens (including phenoxy) is 1. The van der Waals surface area contributed by atoms with E-state index in [1.807, 2.05) is 0 Å². The highest BCUT2D eigenvalue weighted by Crippen LogP contribution is 2.34. The standard InChI is InChI=1S/C15H11FO4S/c16-14-5-2-6-15-13(14)8-12(21(15,18)19)9-20-11-4-1-3-10(17)7-11/h1-8,17H,9H2. The van der Waals surface area contributed by atoms with Crippen molar-refractivity contribution >= 4 is 15.9 Å². The number of phenols is 1. The summed E-state index contributed by atoms with van der Waals surface area (Å²) in [6.07, 6.45) is 1.28. The molecular weight excluding hydrogens is 295 g/mol. The number of aromatic hydroxyl groups is 1. The summed E-state index contributed by atoms with van der Waals surface area (Å²) in [6, 6.07) is 9.96. The lowest BCUT2D eigenvalue weighted by molar-refractivity contribution is 0.356. The molecule has 0 bridgehead atoms. The molecule has 1 N–H and O–H groups in total. The summed E-state index contributed by atoms with van der Waals surface area (Å²) in [5, 5.41) is 9.32. The molecule has 0 aromatic heterocycles. The van der Waals surface area contributed by atoms with Crippen molar-refractivity contribution in [1.82, 2.24) is 0 Å². The van der Waals surface area contributed by atoms with Gasteiger partial charge in [-0.2, -0.15) is 0 Å². The maximum atomic E-state index is 13.6. The molecule has 108 valence electrons. The van der Waals surface area contributed by atoms with Crippen molar-refractivity contribution in [2.75, 3.05) is 6.61 Å².